The summed E-state index contributed by atoms with van der Waals surface area (Å²) in [6.07, 6.45) is 0. The topological polar surface area (TPSA) is 68.0 Å². The molecule has 0 aliphatic heterocycles. The molecule has 0 aliphatic rings. The Morgan fingerprint density at radius 3 is 1.90 bits per heavy atom. The first kappa shape index (κ1) is 20.8. The number of aromatic nitrogens is 3. The largest absolute Gasteiger partial charge is 0.505 e. The first-order chi connectivity index (χ1) is 14.6. The molecule has 31 heavy (non-hydrogen) atoms. The predicted molar refractivity (Wildman–Crippen MR) is 123 cm³/mol. The molecule has 1 N–H and O–H groups in total. The van der Waals surface area contributed by atoms with Crippen LogP contribution in [-0.2, 0) is 5.41 Å². The average Bonchev–Trinajstić information content (AvgIpc) is 3.17. The summed E-state index contributed by atoms with van der Waals surface area (Å²) in [4.78, 5) is 14.7. The van der Waals surface area contributed by atoms with Crippen LogP contribution in [-0.4, -0.2) is 25.9 Å². The highest BCUT2D eigenvalue weighted by Gasteiger charge is 2.31. The number of rotatable bonds is 4. The first-order valence-electron chi connectivity index (χ1n) is 10.4. The fourth-order valence-corrected chi connectivity index (χ4v) is 3.70. The number of benzene rings is 3. The summed E-state index contributed by atoms with van der Waals surface area (Å²) in [5.41, 5.74) is 3.09. The number of nitrogens with zero attached hydrogens (tertiary/aromatic N) is 3. The van der Waals surface area contributed by atoms with Crippen LogP contribution >= 0.6 is 0 Å². The minimum atomic E-state index is -0.646. The van der Waals surface area contributed by atoms with Gasteiger partial charge in [0.25, 0.3) is 0 Å². The zero-order valence-corrected chi connectivity index (χ0v) is 18.5. The fraction of sp³-hybridized carbons (Fsp3) is 0.269. The minimum Gasteiger partial charge on any atom is -0.505 e. The molecule has 0 amide bonds. The normalized spacial score (nSPS) is 12.3. The number of phenols is 1. The molecule has 0 saturated carbocycles. The molecule has 0 radical (unpaired) electrons. The van der Waals surface area contributed by atoms with E-state index in [2.05, 4.69) is 36.2 Å². The lowest BCUT2D eigenvalue weighted by Gasteiger charge is -2.28. The fourth-order valence-electron chi connectivity index (χ4n) is 3.70. The van der Waals surface area contributed by atoms with Gasteiger partial charge in [-0.2, -0.15) is 0 Å². The van der Waals surface area contributed by atoms with Crippen molar-refractivity contribution in [1.82, 2.24) is 15.0 Å². The number of hydrogen-bond donors (Lipinski definition) is 1. The summed E-state index contributed by atoms with van der Waals surface area (Å²) in [5.74, 6) is -0.235. The lowest BCUT2D eigenvalue weighted by atomic mass is 9.76. The van der Waals surface area contributed by atoms with Crippen molar-refractivity contribution in [2.45, 2.75) is 40.0 Å². The predicted octanol–water partition coefficient (Wildman–Crippen LogP) is 5.68. The summed E-state index contributed by atoms with van der Waals surface area (Å²) in [7, 11) is 0. The van der Waals surface area contributed by atoms with Gasteiger partial charge in [0.1, 0.15) is 16.7 Å². The van der Waals surface area contributed by atoms with Crippen molar-refractivity contribution >= 4 is 16.8 Å². The van der Waals surface area contributed by atoms with E-state index < -0.39 is 10.8 Å². The molecule has 3 aromatic carbocycles. The third-order valence-electron chi connectivity index (χ3n) is 5.73. The van der Waals surface area contributed by atoms with E-state index in [4.69, 9.17) is 0 Å². The number of hydrogen-bond acceptors (Lipinski definition) is 4. The van der Waals surface area contributed by atoms with E-state index in [1.807, 2.05) is 75.4 Å². The second-order valence-corrected chi connectivity index (χ2v) is 9.44. The van der Waals surface area contributed by atoms with Gasteiger partial charge in [-0.3, -0.25) is 4.79 Å². The molecule has 0 fully saturated rings. The maximum Gasteiger partial charge on any atom is 0.171 e. The molecule has 0 spiro atoms. The summed E-state index contributed by atoms with van der Waals surface area (Å²) >= 11 is 0. The number of ketones is 1. The van der Waals surface area contributed by atoms with Crippen LogP contribution in [0.2, 0.25) is 0 Å². The van der Waals surface area contributed by atoms with Gasteiger partial charge < -0.3 is 5.11 Å². The van der Waals surface area contributed by atoms with Gasteiger partial charge in [0, 0.05) is 10.8 Å². The van der Waals surface area contributed by atoms with Crippen LogP contribution in [0.1, 0.15) is 56.1 Å². The first-order valence-corrected chi connectivity index (χ1v) is 10.4. The van der Waals surface area contributed by atoms with Crippen molar-refractivity contribution in [2.24, 2.45) is 5.41 Å². The van der Waals surface area contributed by atoms with Crippen LogP contribution in [0.5, 0.6) is 5.75 Å². The van der Waals surface area contributed by atoms with E-state index in [9.17, 15) is 9.90 Å². The molecule has 1 heterocycles. The van der Waals surface area contributed by atoms with Crippen LogP contribution in [0.15, 0.2) is 66.7 Å². The third kappa shape index (κ3) is 3.72. The Morgan fingerprint density at radius 1 is 0.806 bits per heavy atom. The second-order valence-electron chi connectivity index (χ2n) is 9.44. The quantitative estimate of drug-likeness (QED) is 0.437. The Balaban J connectivity index is 1.98. The SMILES string of the molecule is CC(C)(C)C(=O)c1cc(C(C)(C)c2ccccc2)cc(-n2nc3ccccc3n2)c1O. The minimum absolute atomic E-state index is 0.104. The summed E-state index contributed by atoms with van der Waals surface area (Å²) < 4.78 is 0. The molecule has 0 aliphatic carbocycles. The summed E-state index contributed by atoms with van der Waals surface area (Å²) in [5, 5.41) is 20.2. The molecular formula is C26H27N3O2. The lowest BCUT2D eigenvalue weighted by Crippen LogP contribution is -2.24. The molecule has 4 aromatic rings. The monoisotopic (exact) mass is 413 g/mol. The van der Waals surface area contributed by atoms with Gasteiger partial charge >= 0.3 is 0 Å². The van der Waals surface area contributed by atoms with E-state index in [1.165, 1.54) is 4.80 Å². The van der Waals surface area contributed by atoms with E-state index in [1.54, 1.807) is 0 Å². The van der Waals surface area contributed by atoms with Gasteiger partial charge in [-0.1, -0.05) is 77.1 Å². The standard InChI is InChI=1S/C26H27N3O2/c1-25(2,3)24(31)19-15-18(26(4,5)17-11-7-6-8-12-17)16-22(23(19)30)29-27-20-13-9-10-14-21(20)28-29/h6-16,30H,1-5H3. The third-order valence-corrected chi connectivity index (χ3v) is 5.73. The van der Waals surface area contributed by atoms with Gasteiger partial charge in [0.15, 0.2) is 11.5 Å². The number of carbonyl (C=O) groups is 1. The van der Waals surface area contributed by atoms with Crippen molar-refractivity contribution in [2.75, 3.05) is 0 Å². The molecule has 0 atom stereocenters. The molecule has 5 heteroatoms. The van der Waals surface area contributed by atoms with E-state index in [-0.39, 0.29) is 17.1 Å². The van der Waals surface area contributed by atoms with E-state index >= 15 is 0 Å². The Labute approximate surface area is 182 Å². The highest BCUT2D eigenvalue weighted by molar-refractivity contribution is 6.03. The van der Waals surface area contributed by atoms with Crippen LogP contribution in [0.25, 0.3) is 16.7 Å². The van der Waals surface area contributed by atoms with Crippen LogP contribution in [0.4, 0.5) is 0 Å². The molecule has 4 rings (SSSR count). The van der Waals surface area contributed by atoms with Crippen LogP contribution in [0, 0.1) is 5.41 Å². The van der Waals surface area contributed by atoms with Crippen LogP contribution in [0.3, 0.4) is 0 Å². The second kappa shape index (κ2) is 7.34. The van der Waals surface area contributed by atoms with Crippen molar-refractivity contribution in [3.63, 3.8) is 0 Å². The van der Waals surface area contributed by atoms with Crippen molar-refractivity contribution in [3.8, 4) is 11.4 Å². The molecular weight excluding hydrogens is 386 g/mol. The van der Waals surface area contributed by atoms with Crippen molar-refractivity contribution < 1.29 is 9.90 Å². The van der Waals surface area contributed by atoms with Gasteiger partial charge in [-0.05, 0) is 35.4 Å². The Hall–Kier alpha value is -3.47. The molecule has 1 aromatic heterocycles. The summed E-state index contributed by atoms with van der Waals surface area (Å²) in [6, 6.07) is 21.3. The van der Waals surface area contributed by atoms with E-state index in [0.29, 0.717) is 5.69 Å². The number of fused-ring (bicyclic) bond motifs is 1. The molecule has 0 unspecified atom stereocenters. The zero-order valence-electron chi connectivity index (χ0n) is 18.5. The Morgan fingerprint density at radius 2 is 1.35 bits per heavy atom. The molecule has 158 valence electrons. The number of phenolic OH excluding ortho intramolecular Hbond substituents is 1. The molecule has 0 bridgehead atoms. The number of carbonyl (C=O) groups excluding carboxylic acids is 1. The van der Waals surface area contributed by atoms with E-state index in [0.717, 1.165) is 22.2 Å². The van der Waals surface area contributed by atoms with Crippen LogP contribution < -0.4 is 0 Å². The average molecular weight is 414 g/mol. The maximum atomic E-state index is 13.2. The number of Topliss-reactive ketones (excluding diaryl/α,β-unsaturated/α-hetero) is 1. The van der Waals surface area contributed by atoms with Crippen molar-refractivity contribution in [3.05, 3.63) is 83.4 Å². The summed E-state index contributed by atoms with van der Waals surface area (Å²) in [6.45, 7) is 9.77. The lowest BCUT2D eigenvalue weighted by molar-refractivity contribution is 0.0855. The number of aromatic hydroxyl groups is 1. The highest BCUT2D eigenvalue weighted by atomic mass is 16.3. The highest BCUT2D eigenvalue weighted by Crippen LogP contribution is 2.39. The Bertz CT molecular complexity index is 1230. The van der Waals surface area contributed by atoms with Gasteiger partial charge in [-0.15, -0.1) is 15.0 Å². The maximum absolute atomic E-state index is 13.2. The van der Waals surface area contributed by atoms with Gasteiger partial charge in [-0.25, -0.2) is 0 Å². The Kier molecular flexibility index (Phi) is 4.92. The van der Waals surface area contributed by atoms with Gasteiger partial charge in [0.2, 0.25) is 0 Å². The molecule has 5 nitrogen and oxygen atoms in total. The molecule has 0 saturated heterocycles. The zero-order chi connectivity index (χ0) is 22.4. The smallest absolute Gasteiger partial charge is 0.171 e. The van der Waals surface area contributed by atoms with Gasteiger partial charge in [0.05, 0.1) is 5.56 Å². The van der Waals surface area contributed by atoms with Crippen molar-refractivity contribution in [1.29, 1.82) is 0 Å².